The van der Waals surface area contributed by atoms with Crippen molar-refractivity contribution in [3.8, 4) is 0 Å². The van der Waals surface area contributed by atoms with Crippen molar-refractivity contribution in [1.29, 1.82) is 0 Å². The summed E-state index contributed by atoms with van der Waals surface area (Å²) in [5, 5.41) is 15.9. The van der Waals surface area contributed by atoms with Gasteiger partial charge in [-0.2, -0.15) is 5.10 Å². The number of aromatic carboxylic acids is 1. The van der Waals surface area contributed by atoms with Gasteiger partial charge in [0, 0.05) is 0 Å². The number of aromatic amines is 1. The molecule has 0 bridgehead atoms. The molecule has 0 aromatic carbocycles. The van der Waals surface area contributed by atoms with Crippen LogP contribution in [0, 0.1) is 6.92 Å². The number of aromatic nitrogens is 3. The molecule has 0 fully saturated rings. The minimum absolute atomic E-state index is 0.202. The van der Waals surface area contributed by atoms with Gasteiger partial charge >= 0.3 is 5.97 Å². The minimum Gasteiger partial charge on any atom is -0.478 e. The number of furan rings is 1. The molecule has 0 atom stereocenters. The fraction of sp³-hybridized carbons (Fsp3) is 0.222. The lowest BCUT2D eigenvalue weighted by molar-refractivity contribution is 0.0695. The van der Waals surface area contributed by atoms with Crippen LogP contribution in [0.15, 0.2) is 22.0 Å². The van der Waals surface area contributed by atoms with Crippen molar-refractivity contribution < 1.29 is 14.3 Å². The Kier molecular flexibility index (Phi) is 2.95. The molecule has 0 saturated heterocycles. The summed E-state index contributed by atoms with van der Waals surface area (Å²) >= 11 is 1.40. The lowest BCUT2D eigenvalue weighted by atomic mass is 10.2. The number of hydrogen-bond acceptors (Lipinski definition) is 5. The molecule has 0 saturated carbocycles. The Balaban J connectivity index is 2.05. The maximum absolute atomic E-state index is 10.8. The van der Waals surface area contributed by atoms with Gasteiger partial charge in [0.15, 0.2) is 5.16 Å². The Labute approximate surface area is 95.1 Å². The van der Waals surface area contributed by atoms with Gasteiger partial charge < -0.3 is 9.52 Å². The topological polar surface area (TPSA) is 92.0 Å². The number of nitrogens with one attached hydrogen (secondary N) is 1. The largest absolute Gasteiger partial charge is 0.478 e. The summed E-state index contributed by atoms with van der Waals surface area (Å²) in [5.41, 5.74) is 0.202. The van der Waals surface area contributed by atoms with Crippen LogP contribution in [0.3, 0.4) is 0 Å². The predicted octanol–water partition coefficient (Wildman–Crippen LogP) is 1.70. The summed E-state index contributed by atoms with van der Waals surface area (Å²) in [4.78, 5) is 14.7. The van der Waals surface area contributed by atoms with E-state index >= 15 is 0 Å². The first-order chi connectivity index (χ1) is 7.66. The Morgan fingerprint density at radius 1 is 1.69 bits per heavy atom. The van der Waals surface area contributed by atoms with Crippen LogP contribution in [0.4, 0.5) is 0 Å². The SMILES string of the molecule is Cc1oc(CSc2ncn[nH]2)cc1C(=O)O. The normalized spacial score (nSPS) is 10.6. The predicted molar refractivity (Wildman–Crippen MR) is 56.3 cm³/mol. The molecule has 0 unspecified atom stereocenters. The first-order valence-corrected chi connectivity index (χ1v) is 5.46. The van der Waals surface area contributed by atoms with E-state index < -0.39 is 5.97 Å². The second kappa shape index (κ2) is 4.40. The van der Waals surface area contributed by atoms with Crippen molar-refractivity contribution in [2.24, 2.45) is 0 Å². The molecule has 2 heterocycles. The highest BCUT2D eigenvalue weighted by Gasteiger charge is 2.13. The molecule has 0 spiro atoms. The lowest BCUT2D eigenvalue weighted by Crippen LogP contribution is -1.94. The van der Waals surface area contributed by atoms with Crippen molar-refractivity contribution in [2.45, 2.75) is 17.8 Å². The number of nitrogens with zero attached hydrogens (tertiary/aromatic N) is 2. The summed E-state index contributed by atoms with van der Waals surface area (Å²) in [6, 6.07) is 1.53. The summed E-state index contributed by atoms with van der Waals surface area (Å²) < 4.78 is 5.31. The van der Waals surface area contributed by atoms with Gasteiger partial charge in [0.25, 0.3) is 0 Å². The molecule has 7 heteroatoms. The molecule has 2 aromatic rings. The van der Waals surface area contributed by atoms with E-state index in [2.05, 4.69) is 15.2 Å². The standard InChI is InChI=1S/C9H9N3O3S/c1-5-7(8(13)14)2-6(15-5)3-16-9-10-4-11-12-9/h2,4H,3H2,1H3,(H,13,14)(H,10,11,12). The molecule has 0 aliphatic heterocycles. The van der Waals surface area contributed by atoms with Crippen molar-refractivity contribution >= 4 is 17.7 Å². The smallest absolute Gasteiger partial charge is 0.339 e. The molecule has 84 valence electrons. The summed E-state index contributed by atoms with van der Waals surface area (Å²) in [5.74, 6) is 0.567. The molecule has 16 heavy (non-hydrogen) atoms. The van der Waals surface area contributed by atoms with Crippen LogP contribution in [0.5, 0.6) is 0 Å². The first kappa shape index (κ1) is 10.7. The van der Waals surface area contributed by atoms with Gasteiger partial charge in [-0.25, -0.2) is 9.78 Å². The van der Waals surface area contributed by atoms with E-state index in [1.165, 1.54) is 24.2 Å². The Hall–Kier alpha value is -1.76. The quantitative estimate of drug-likeness (QED) is 0.789. The van der Waals surface area contributed by atoms with Crippen LogP contribution in [0.1, 0.15) is 21.9 Å². The van der Waals surface area contributed by atoms with E-state index in [1.54, 1.807) is 6.92 Å². The lowest BCUT2D eigenvalue weighted by Gasteiger charge is -1.92. The first-order valence-electron chi connectivity index (χ1n) is 4.47. The van der Waals surface area contributed by atoms with Crippen molar-refractivity contribution in [1.82, 2.24) is 15.2 Å². The van der Waals surface area contributed by atoms with Crippen molar-refractivity contribution in [3.05, 3.63) is 29.5 Å². The molecule has 0 radical (unpaired) electrons. The molecule has 2 aromatic heterocycles. The van der Waals surface area contributed by atoms with E-state index in [-0.39, 0.29) is 5.56 Å². The number of H-pyrrole nitrogens is 1. The number of rotatable bonds is 4. The monoisotopic (exact) mass is 239 g/mol. The third kappa shape index (κ3) is 2.25. The highest BCUT2D eigenvalue weighted by Crippen LogP contribution is 2.22. The van der Waals surface area contributed by atoms with Gasteiger partial charge in [0.2, 0.25) is 0 Å². The van der Waals surface area contributed by atoms with Crippen LogP contribution >= 0.6 is 11.8 Å². The number of hydrogen-bond donors (Lipinski definition) is 2. The molecular formula is C9H9N3O3S. The molecule has 0 amide bonds. The summed E-state index contributed by atoms with van der Waals surface area (Å²) in [6.07, 6.45) is 1.42. The Morgan fingerprint density at radius 3 is 3.06 bits per heavy atom. The second-order valence-electron chi connectivity index (χ2n) is 3.07. The zero-order chi connectivity index (χ0) is 11.5. The van der Waals surface area contributed by atoms with Gasteiger partial charge in [-0.05, 0) is 13.0 Å². The molecule has 2 N–H and O–H groups in total. The van der Waals surface area contributed by atoms with Crippen LogP contribution in [0.2, 0.25) is 0 Å². The zero-order valence-corrected chi connectivity index (χ0v) is 9.24. The minimum atomic E-state index is -0.975. The van der Waals surface area contributed by atoms with E-state index in [0.717, 1.165) is 0 Å². The summed E-state index contributed by atoms with van der Waals surface area (Å²) in [6.45, 7) is 1.63. The maximum atomic E-state index is 10.8. The second-order valence-corrected chi connectivity index (χ2v) is 4.03. The zero-order valence-electron chi connectivity index (χ0n) is 8.43. The maximum Gasteiger partial charge on any atom is 0.339 e. The van der Waals surface area contributed by atoms with E-state index in [0.29, 0.717) is 22.4 Å². The van der Waals surface area contributed by atoms with Gasteiger partial charge in [-0.3, -0.25) is 5.10 Å². The number of carboxylic acids is 1. The molecule has 0 aliphatic carbocycles. The average molecular weight is 239 g/mol. The van der Waals surface area contributed by atoms with Gasteiger partial charge in [-0.1, -0.05) is 11.8 Å². The number of carbonyl (C=O) groups is 1. The highest BCUT2D eigenvalue weighted by atomic mass is 32.2. The van der Waals surface area contributed by atoms with Crippen LogP contribution in [0.25, 0.3) is 0 Å². The third-order valence-electron chi connectivity index (χ3n) is 1.94. The van der Waals surface area contributed by atoms with Gasteiger partial charge in [-0.15, -0.1) is 0 Å². The number of carboxylic acid groups (broad SMARTS) is 1. The molecule has 6 nitrogen and oxygen atoms in total. The van der Waals surface area contributed by atoms with Gasteiger partial charge in [0.05, 0.1) is 5.75 Å². The number of aryl methyl sites for hydroxylation is 1. The fourth-order valence-corrected chi connectivity index (χ4v) is 1.89. The summed E-state index contributed by atoms with van der Waals surface area (Å²) in [7, 11) is 0. The van der Waals surface area contributed by atoms with Gasteiger partial charge in [0.1, 0.15) is 23.4 Å². The van der Waals surface area contributed by atoms with Crippen LogP contribution < -0.4 is 0 Å². The van der Waals surface area contributed by atoms with Crippen LogP contribution in [-0.2, 0) is 5.75 Å². The van der Waals surface area contributed by atoms with E-state index in [1.807, 2.05) is 0 Å². The Bertz CT molecular complexity index is 492. The molecular weight excluding hydrogens is 230 g/mol. The Morgan fingerprint density at radius 2 is 2.50 bits per heavy atom. The van der Waals surface area contributed by atoms with E-state index in [9.17, 15) is 4.79 Å². The van der Waals surface area contributed by atoms with Crippen LogP contribution in [-0.4, -0.2) is 26.3 Å². The molecule has 2 rings (SSSR count). The van der Waals surface area contributed by atoms with E-state index in [4.69, 9.17) is 9.52 Å². The molecule has 0 aliphatic rings. The van der Waals surface area contributed by atoms with Crippen molar-refractivity contribution in [2.75, 3.05) is 0 Å². The number of thioether (sulfide) groups is 1. The fourth-order valence-electron chi connectivity index (χ4n) is 1.23. The third-order valence-corrected chi connectivity index (χ3v) is 2.84. The van der Waals surface area contributed by atoms with Crippen molar-refractivity contribution in [3.63, 3.8) is 0 Å². The average Bonchev–Trinajstić information content (AvgIpc) is 2.83. The highest BCUT2D eigenvalue weighted by molar-refractivity contribution is 7.98.